The number of nitrogens with two attached hydrogens (primary N) is 1. The molecule has 7 heteroatoms. The molecule has 0 aromatic carbocycles. The van der Waals surface area contributed by atoms with Crippen molar-refractivity contribution in [2.45, 2.75) is 6.92 Å². The van der Waals surface area contributed by atoms with Gasteiger partial charge in [-0.1, -0.05) is 6.92 Å². The van der Waals surface area contributed by atoms with Crippen molar-refractivity contribution in [2.24, 2.45) is 11.7 Å². The fraction of sp³-hybridized carbons (Fsp3) is 0.583. The van der Waals surface area contributed by atoms with Crippen LogP contribution in [-0.4, -0.2) is 53.5 Å². The molecule has 0 spiro atoms. The number of carbonyl (C=O) groups is 1. The molecular weight excluding hydrogens is 310 g/mol. The minimum Gasteiger partial charge on any atom is -0.339 e. The molecular formula is C12H18BrN5O. The van der Waals surface area contributed by atoms with Gasteiger partial charge in [-0.3, -0.25) is 4.79 Å². The first-order valence-electron chi connectivity index (χ1n) is 6.33. The molecule has 0 aliphatic carbocycles. The van der Waals surface area contributed by atoms with Crippen molar-refractivity contribution in [2.75, 3.05) is 37.6 Å². The number of nitrogens with zero attached hydrogens (tertiary/aromatic N) is 4. The molecule has 2 heterocycles. The molecule has 1 aliphatic rings. The van der Waals surface area contributed by atoms with Crippen LogP contribution >= 0.6 is 15.9 Å². The second-order valence-corrected chi connectivity index (χ2v) is 5.57. The Morgan fingerprint density at radius 1 is 1.37 bits per heavy atom. The van der Waals surface area contributed by atoms with Crippen molar-refractivity contribution in [3.05, 3.63) is 16.9 Å². The third-order valence-corrected chi connectivity index (χ3v) is 3.67. The average Bonchev–Trinajstić information content (AvgIpc) is 2.46. The summed E-state index contributed by atoms with van der Waals surface area (Å²) < 4.78 is 0.863. The first kappa shape index (κ1) is 14.2. The Morgan fingerprint density at radius 2 is 1.95 bits per heavy atom. The smallest absolute Gasteiger partial charge is 0.226 e. The summed E-state index contributed by atoms with van der Waals surface area (Å²) in [5.41, 5.74) is 5.53. The summed E-state index contributed by atoms with van der Waals surface area (Å²) in [5, 5.41) is 0. The van der Waals surface area contributed by atoms with E-state index in [-0.39, 0.29) is 11.8 Å². The number of carbonyl (C=O) groups excluding carboxylic acids is 1. The number of hydrogen-bond acceptors (Lipinski definition) is 5. The van der Waals surface area contributed by atoms with Crippen molar-refractivity contribution >= 4 is 27.8 Å². The fourth-order valence-electron chi connectivity index (χ4n) is 2.01. The summed E-state index contributed by atoms with van der Waals surface area (Å²) in [5.74, 6) is 0.747. The molecule has 19 heavy (non-hydrogen) atoms. The largest absolute Gasteiger partial charge is 0.339 e. The van der Waals surface area contributed by atoms with Gasteiger partial charge in [0.25, 0.3) is 0 Å². The normalized spacial score (nSPS) is 17.4. The van der Waals surface area contributed by atoms with Gasteiger partial charge in [0.2, 0.25) is 11.9 Å². The van der Waals surface area contributed by atoms with Crippen LogP contribution in [0, 0.1) is 5.92 Å². The maximum Gasteiger partial charge on any atom is 0.226 e. The molecule has 0 saturated carbocycles. The van der Waals surface area contributed by atoms with Gasteiger partial charge in [-0.15, -0.1) is 0 Å². The van der Waals surface area contributed by atoms with Crippen LogP contribution in [0.15, 0.2) is 16.9 Å². The topological polar surface area (TPSA) is 75.4 Å². The zero-order valence-corrected chi connectivity index (χ0v) is 12.5. The SMILES string of the molecule is CC(CN)C(=O)N1CCN(c2ncc(Br)cn2)CC1. The van der Waals surface area contributed by atoms with Crippen LogP contribution < -0.4 is 10.6 Å². The lowest BCUT2D eigenvalue weighted by Gasteiger charge is -2.35. The van der Waals surface area contributed by atoms with E-state index in [2.05, 4.69) is 30.8 Å². The van der Waals surface area contributed by atoms with Gasteiger partial charge in [0, 0.05) is 51.0 Å². The van der Waals surface area contributed by atoms with Gasteiger partial charge in [0.1, 0.15) is 0 Å². The highest BCUT2D eigenvalue weighted by Gasteiger charge is 2.25. The summed E-state index contributed by atoms with van der Waals surface area (Å²) in [6, 6.07) is 0. The monoisotopic (exact) mass is 327 g/mol. The summed E-state index contributed by atoms with van der Waals surface area (Å²) in [4.78, 5) is 24.5. The predicted octanol–water partition coefficient (Wildman–Crippen LogP) is 0.483. The second kappa shape index (κ2) is 6.29. The maximum atomic E-state index is 12.0. The molecule has 0 radical (unpaired) electrons. The predicted molar refractivity (Wildman–Crippen MR) is 76.7 cm³/mol. The quantitative estimate of drug-likeness (QED) is 0.874. The van der Waals surface area contributed by atoms with Gasteiger partial charge < -0.3 is 15.5 Å². The average molecular weight is 328 g/mol. The van der Waals surface area contributed by atoms with E-state index in [0.29, 0.717) is 25.6 Å². The molecule has 2 N–H and O–H groups in total. The highest BCUT2D eigenvalue weighted by atomic mass is 79.9. The van der Waals surface area contributed by atoms with Crippen LogP contribution in [0.1, 0.15) is 6.92 Å². The standard InChI is InChI=1S/C12H18BrN5O/c1-9(6-14)11(19)17-2-4-18(5-3-17)12-15-7-10(13)8-16-12/h7-9H,2-6,14H2,1H3. The highest BCUT2D eigenvalue weighted by Crippen LogP contribution is 2.14. The Labute approximate surface area is 121 Å². The molecule has 1 aromatic heterocycles. The van der Waals surface area contributed by atoms with E-state index >= 15 is 0 Å². The molecule has 1 aromatic rings. The molecule has 6 nitrogen and oxygen atoms in total. The number of amides is 1. The minimum atomic E-state index is -0.101. The number of aromatic nitrogens is 2. The van der Waals surface area contributed by atoms with E-state index < -0.39 is 0 Å². The Kier molecular flexibility index (Phi) is 4.71. The third-order valence-electron chi connectivity index (χ3n) is 3.26. The molecule has 1 amide bonds. The maximum absolute atomic E-state index is 12.0. The highest BCUT2D eigenvalue weighted by molar-refractivity contribution is 9.10. The second-order valence-electron chi connectivity index (χ2n) is 4.65. The van der Waals surface area contributed by atoms with Gasteiger partial charge in [-0.25, -0.2) is 9.97 Å². The van der Waals surface area contributed by atoms with E-state index in [1.54, 1.807) is 12.4 Å². The molecule has 2 rings (SSSR count). The fourth-order valence-corrected chi connectivity index (χ4v) is 2.21. The van der Waals surface area contributed by atoms with E-state index in [0.717, 1.165) is 17.6 Å². The molecule has 1 saturated heterocycles. The molecule has 104 valence electrons. The van der Waals surface area contributed by atoms with Gasteiger partial charge in [-0.2, -0.15) is 0 Å². The lowest BCUT2D eigenvalue weighted by Crippen LogP contribution is -2.51. The number of piperazine rings is 1. The summed E-state index contributed by atoms with van der Waals surface area (Å²) in [7, 11) is 0. The van der Waals surface area contributed by atoms with Crippen molar-refractivity contribution in [3.8, 4) is 0 Å². The Balaban J connectivity index is 1.92. The van der Waals surface area contributed by atoms with Crippen LogP contribution in [0.5, 0.6) is 0 Å². The van der Waals surface area contributed by atoms with Crippen LogP contribution in [0.25, 0.3) is 0 Å². The van der Waals surface area contributed by atoms with Crippen molar-refractivity contribution in [3.63, 3.8) is 0 Å². The number of hydrogen-bond donors (Lipinski definition) is 1. The van der Waals surface area contributed by atoms with Crippen LogP contribution in [-0.2, 0) is 4.79 Å². The first-order valence-corrected chi connectivity index (χ1v) is 7.12. The Bertz CT molecular complexity index is 430. The zero-order valence-electron chi connectivity index (χ0n) is 10.9. The number of halogens is 1. The number of rotatable bonds is 3. The van der Waals surface area contributed by atoms with Gasteiger partial charge in [-0.05, 0) is 15.9 Å². The van der Waals surface area contributed by atoms with E-state index in [9.17, 15) is 4.79 Å². The summed E-state index contributed by atoms with van der Waals surface area (Å²) in [6.45, 7) is 5.17. The number of anilines is 1. The van der Waals surface area contributed by atoms with Crippen LogP contribution in [0.4, 0.5) is 5.95 Å². The lowest BCUT2D eigenvalue weighted by atomic mass is 10.1. The molecule has 0 bridgehead atoms. The van der Waals surface area contributed by atoms with Gasteiger partial charge in [0.15, 0.2) is 0 Å². The van der Waals surface area contributed by atoms with Crippen LogP contribution in [0.3, 0.4) is 0 Å². The van der Waals surface area contributed by atoms with E-state index in [1.807, 2.05) is 11.8 Å². The Hall–Kier alpha value is -1.21. The van der Waals surface area contributed by atoms with Gasteiger partial charge in [0.05, 0.1) is 4.47 Å². The summed E-state index contributed by atoms with van der Waals surface area (Å²) >= 11 is 3.31. The van der Waals surface area contributed by atoms with E-state index in [1.165, 1.54) is 0 Å². The van der Waals surface area contributed by atoms with Gasteiger partial charge >= 0.3 is 0 Å². The van der Waals surface area contributed by atoms with Crippen molar-refractivity contribution in [1.82, 2.24) is 14.9 Å². The van der Waals surface area contributed by atoms with Crippen LogP contribution in [0.2, 0.25) is 0 Å². The van der Waals surface area contributed by atoms with Crippen molar-refractivity contribution in [1.29, 1.82) is 0 Å². The molecule has 1 aliphatic heterocycles. The zero-order chi connectivity index (χ0) is 13.8. The Morgan fingerprint density at radius 3 is 2.47 bits per heavy atom. The molecule has 1 unspecified atom stereocenters. The lowest BCUT2D eigenvalue weighted by molar-refractivity contribution is -0.134. The molecule has 1 fully saturated rings. The van der Waals surface area contributed by atoms with E-state index in [4.69, 9.17) is 5.73 Å². The minimum absolute atomic E-state index is 0.101. The first-order chi connectivity index (χ1) is 9.11. The van der Waals surface area contributed by atoms with Crippen molar-refractivity contribution < 1.29 is 4.79 Å². The third kappa shape index (κ3) is 3.42. The molecule has 1 atom stereocenters. The summed E-state index contributed by atoms with van der Waals surface area (Å²) in [6.07, 6.45) is 3.46.